The van der Waals surface area contributed by atoms with Gasteiger partial charge < -0.3 is 10.6 Å². The molecule has 5 nitrogen and oxygen atoms in total. The van der Waals surface area contributed by atoms with Gasteiger partial charge in [0.25, 0.3) is 0 Å². The summed E-state index contributed by atoms with van der Waals surface area (Å²) in [7, 11) is -3.49. The van der Waals surface area contributed by atoms with Crippen LogP contribution in [-0.4, -0.2) is 36.5 Å². The van der Waals surface area contributed by atoms with Crippen molar-refractivity contribution in [2.45, 2.75) is 56.5 Å². The van der Waals surface area contributed by atoms with Crippen molar-refractivity contribution >= 4 is 33.0 Å². The van der Waals surface area contributed by atoms with E-state index in [9.17, 15) is 8.42 Å². The second-order valence-electron chi connectivity index (χ2n) is 7.60. The first-order valence-electron chi connectivity index (χ1n) is 10.1. The molecule has 2 aromatic carbocycles. The first kappa shape index (κ1) is 21.7. The Hall–Kier alpha value is -1.96. The molecule has 1 heterocycles. The monoisotopic (exact) mass is 431 g/mol. The summed E-state index contributed by atoms with van der Waals surface area (Å²) in [6.45, 7) is 4.71. The third kappa shape index (κ3) is 5.56. The van der Waals surface area contributed by atoms with Crippen LogP contribution in [0.15, 0.2) is 59.5 Å². The number of anilines is 1. The van der Waals surface area contributed by atoms with Gasteiger partial charge in [-0.05, 0) is 75.2 Å². The minimum atomic E-state index is -3.49. The Kier molecular flexibility index (Phi) is 7.27. The molecule has 0 aromatic heterocycles. The lowest BCUT2D eigenvalue weighted by molar-refractivity contribution is 0.204. The van der Waals surface area contributed by atoms with Gasteiger partial charge in [-0.2, -0.15) is 4.31 Å². The van der Waals surface area contributed by atoms with Gasteiger partial charge in [0.1, 0.15) is 0 Å². The highest BCUT2D eigenvalue weighted by molar-refractivity contribution is 7.89. The number of sulfonamides is 1. The van der Waals surface area contributed by atoms with Crippen LogP contribution in [0.25, 0.3) is 0 Å². The maximum atomic E-state index is 13.1. The van der Waals surface area contributed by atoms with Gasteiger partial charge in [0.2, 0.25) is 10.0 Å². The van der Waals surface area contributed by atoms with Crippen molar-refractivity contribution in [2.24, 2.45) is 0 Å². The van der Waals surface area contributed by atoms with Gasteiger partial charge in [-0.15, -0.1) is 0 Å². The molecule has 3 rings (SSSR count). The van der Waals surface area contributed by atoms with Crippen molar-refractivity contribution in [1.29, 1.82) is 0 Å². The van der Waals surface area contributed by atoms with Crippen molar-refractivity contribution in [2.75, 3.05) is 11.9 Å². The highest BCUT2D eigenvalue weighted by Crippen LogP contribution is 2.29. The van der Waals surface area contributed by atoms with Gasteiger partial charge in [0, 0.05) is 24.3 Å². The molecule has 0 aliphatic carbocycles. The summed E-state index contributed by atoms with van der Waals surface area (Å²) in [5.41, 5.74) is 2.01. The van der Waals surface area contributed by atoms with Gasteiger partial charge in [-0.1, -0.05) is 36.8 Å². The average Bonchev–Trinajstić information content (AvgIpc) is 2.69. The lowest BCUT2D eigenvalue weighted by atomic mass is 10.0. The van der Waals surface area contributed by atoms with Crippen LogP contribution < -0.4 is 10.6 Å². The minimum Gasteiger partial charge on any atom is -0.362 e. The fourth-order valence-corrected chi connectivity index (χ4v) is 5.95. The summed E-state index contributed by atoms with van der Waals surface area (Å²) >= 11 is 5.34. The molecule has 0 saturated carbocycles. The summed E-state index contributed by atoms with van der Waals surface area (Å²) in [4.78, 5) is 0.326. The molecule has 1 aliphatic heterocycles. The highest BCUT2D eigenvalue weighted by atomic mass is 32.2. The van der Waals surface area contributed by atoms with E-state index in [2.05, 4.69) is 22.8 Å². The van der Waals surface area contributed by atoms with E-state index in [-0.39, 0.29) is 12.1 Å². The molecule has 1 fully saturated rings. The van der Waals surface area contributed by atoms with Crippen LogP contribution in [0.3, 0.4) is 0 Å². The largest absolute Gasteiger partial charge is 0.362 e. The number of piperidine rings is 1. The first-order valence-corrected chi connectivity index (χ1v) is 11.9. The molecule has 0 amide bonds. The van der Waals surface area contributed by atoms with E-state index >= 15 is 0 Å². The van der Waals surface area contributed by atoms with Crippen LogP contribution in [-0.2, 0) is 16.4 Å². The molecule has 1 saturated heterocycles. The van der Waals surface area contributed by atoms with Gasteiger partial charge in [-0.3, -0.25) is 0 Å². The van der Waals surface area contributed by atoms with Gasteiger partial charge in [0.15, 0.2) is 5.11 Å². The number of hydrogen-bond donors (Lipinski definition) is 2. The molecule has 0 unspecified atom stereocenters. The molecule has 2 atom stereocenters. The van der Waals surface area contributed by atoms with E-state index in [1.54, 1.807) is 28.6 Å². The Labute approximate surface area is 179 Å². The number of nitrogens with one attached hydrogen (secondary N) is 2. The quantitative estimate of drug-likeness (QED) is 0.673. The summed E-state index contributed by atoms with van der Waals surface area (Å²) in [6, 6.07) is 17.1. The van der Waals surface area contributed by atoms with E-state index in [1.165, 1.54) is 5.56 Å². The van der Waals surface area contributed by atoms with Crippen molar-refractivity contribution in [1.82, 2.24) is 9.62 Å². The van der Waals surface area contributed by atoms with Crippen LogP contribution in [0.5, 0.6) is 0 Å². The minimum absolute atomic E-state index is 0.0305. The number of thiocarbonyl (C=S) groups is 1. The number of nitrogens with zero attached hydrogens (tertiary/aromatic N) is 1. The highest BCUT2D eigenvalue weighted by Gasteiger charge is 2.35. The maximum Gasteiger partial charge on any atom is 0.243 e. The zero-order valence-corrected chi connectivity index (χ0v) is 18.6. The molecule has 156 valence electrons. The second-order valence-corrected chi connectivity index (χ2v) is 9.86. The topological polar surface area (TPSA) is 61.4 Å². The SMILES string of the molecule is C[C@@H]1CCC[C@H](C)N1S(=O)(=O)c1ccc(NC(=S)NCCc2ccccc2)cc1. The summed E-state index contributed by atoms with van der Waals surface area (Å²) < 4.78 is 27.8. The lowest BCUT2D eigenvalue weighted by Gasteiger charge is -2.37. The zero-order chi connectivity index (χ0) is 20.9. The number of benzene rings is 2. The first-order chi connectivity index (χ1) is 13.9. The molecular weight excluding hydrogens is 402 g/mol. The molecular formula is C22H29N3O2S2. The predicted molar refractivity (Wildman–Crippen MR) is 123 cm³/mol. The van der Waals surface area contributed by atoms with Crippen LogP contribution in [0.4, 0.5) is 5.69 Å². The summed E-state index contributed by atoms with van der Waals surface area (Å²) in [5, 5.41) is 6.82. The molecule has 2 N–H and O–H groups in total. The Morgan fingerprint density at radius 2 is 1.66 bits per heavy atom. The van der Waals surface area contributed by atoms with Crippen LogP contribution in [0.2, 0.25) is 0 Å². The number of hydrogen-bond acceptors (Lipinski definition) is 3. The molecule has 0 spiro atoms. The van der Waals surface area contributed by atoms with E-state index < -0.39 is 10.0 Å². The molecule has 0 bridgehead atoms. The summed E-state index contributed by atoms with van der Waals surface area (Å²) in [6.07, 6.45) is 3.77. The Morgan fingerprint density at radius 1 is 1.03 bits per heavy atom. The Morgan fingerprint density at radius 3 is 2.28 bits per heavy atom. The second kappa shape index (κ2) is 9.69. The normalized spacial score (nSPS) is 20.2. The van der Waals surface area contributed by atoms with E-state index in [1.807, 2.05) is 32.0 Å². The molecule has 29 heavy (non-hydrogen) atoms. The standard InChI is InChI=1S/C22H29N3O2S2/c1-17-7-6-8-18(2)25(17)29(26,27)21-13-11-20(12-14-21)24-22(28)23-16-15-19-9-4-3-5-10-19/h3-5,9-14,17-18H,6-8,15-16H2,1-2H3,(H2,23,24,28)/t17-,18+. The smallest absolute Gasteiger partial charge is 0.243 e. The van der Waals surface area contributed by atoms with Crippen LogP contribution in [0, 0.1) is 0 Å². The zero-order valence-electron chi connectivity index (χ0n) is 17.0. The predicted octanol–water partition coefficient (Wildman–Crippen LogP) is 4.17. The molecule has 7 heteroatoms. The molecule has 1 aliphatic rings. The van der Waals surface area contributed by atoms with Gasteiger partial charge in [0.05, 0.1) is 4.90 Å². The van der Waals surface area contributed by atoms with Gasteiger partial charge >= 0.3 is 0 Å². The summed E-state index contributed by atoms with van der Waals surface area (Å²) in [5.74, 6) is 0. The average molecular weight is 432 g/mol. The molecule has 2 aromatic rings. The fraction of sp³-hybridized carbons (Fsp3) is 0.409. The van der Waals surface area contributed by atoms with Crippen molar-refractivity contribution in [3.05, 3.63) is 60.2 Å². The lowest BCUT2D eigenvalue weighted by Crippen LogP contribution is -2.47. The third-order valence-corrected chi connectivity index (χ3v) is 7.73. The van der Waals surface area contributed by atoms with Crippen LogP contribution in [0.1, 0.15) is 38.7 Å². The van der Waals surface area contributed by atoms with Crippen molar-refractivity contribution in [3.63, 3.8) is 0 Å². The van der Waals surface area contributed by atoms with Crippen molar-refractivity contribution in [3.8, 4) is 0 Å². The van der Waals surface area contributed by atoms with Gasteiger partial charge in [-0.25, -0.2) is 8.42 Å². The Bertz CT molecular complexity index is 905. The number of rotatable bonds is 6. The Balaban J connectivity index is 1.57. The van der Waals surface area contributed by atoms with Crippen molar-refractivity contribution < 1.29 is 8.42 Å². The van der Waals surface area contributed by atoms with E-state index in [0.29, 0.717) is 10.0 Å². The maximum absolute atomic E-state index is 13.1. The van der Waals surface area contributed by atoms with Crippen LogP contribution >= 0.6 is 12.2 Å². The molecule has 0 radical (unpaired) electrons. The van der Waals surface area contributed by atoms with E-state index in [0.717, 1.165) is 37.9 Å². The third-order valence-electron chi connectivity index (χ3n) is 5.34. The van der Waals surface area contributed by atoms with E-state index in [4.69, 9.17) is 12.2 Å². The fourth-order valence-electron chi connectivity index (χ4n) is 3.84.